The SMILES string of the molecule is CNS(=O)(=O)c1cccc(NC(=O)CCCCCN)c1. The minimum Gasteiger partial charge on any atom is -0.330 e. The number of nitrogens with one attached hydrogen (secondary N) is 2. The maximum Gasteiger partial charge on any atom is 0.240 e. The first-order chi connectivity index (χ1) is 9.49. The van der Waals surface area contributed by atoms with Crippen LogP contribution in [0.25, 0.3) is 0 Å². The quantitative estimate of drug-likeness (QED) is 0.624. The number of rotatable bonds is 8. The Bertz CT molecular complexity index is 544. The molecule has 0 aliphatic rings. The molecule has 20 heavy (non-hydrogen) atoms. The minimum absolute atomic E-state index is 0.124. The number of sulfonamides is 1. The molecular weight excluding hydrogens is 278 g/mol. The summed E-state index contributed by atoms with van der Waals surface area (Å²) in [6.45, 7) is 0.630. The second kappa shape index (κ2) is 7.98. The van der Waals surface area contributed by atoms with Crippen molar-refractivity contribution in [2.75, 3.05) is 18.9 Å². The molecule has 0 radical (unpaired) electrons. The van der Waals surface area contributed by atoms with Crippen molar-refractivity contribution >= 4 is 21.6 Å². The van der Waals surface area contributed by atoms with Crippen molar-refractivity contribution in [1.29, 1.82) is 0 Å². The molecule has 0 atom stereocenters. The highest BCUT2D eigenvalue weighted by molar-refractivity contribution is 7.89. The molecule has 0 unspecified atom stereocenters. The van der Waals surface area contributed by atoms with E-state index in [2.05, 4.69) is 10.0 Å². The van der Waals surface area contributed by atoms with Gasteiger partial charge in [-0.3, -0.25) is 4.79 Å². The number of nitrogens with two attached hydrogens (primary N) is 1. The van der Waals surface area contributed by atoms with Gasteiger partial charge in [-0.05, 0) is 44.6 Å². The van der Waals surface area contributed by atoms with Crippen LogP contribution in [0.3, 0.4) is 0 Å². The summed E-state index contributed by atoms with van der Waals surface area (Å²) >= 11 is 0. The molecule has 0 saturated carbocycles. The Kier molecular flexibility index (Phi) is 6.63. The zero-order chi connectivity index (χ0) is 15.0. The van der Waals surface area contributed by atoms with Gasteiger partial charge in [0.2, 0.25) is 15.9 Å². The Morgan fingerprint density at radius 3 is 2.65 bits per heavy atom. The predicted octanol–water partition coefficient (Wildman–Crippen LogP) is 1.05. The Balaban J connectivity index is 2.60. The van der Waals surface area contributed by atoms with Gasteiger partial charge in [0.25, 0.3) is 0 Å². The third-order valence-corrected chi connectivity index (χ3v) is 4.22. The van der Waals surface area contributed by atoms with Crippen LogP contribution in [0.2, 0.25) is 0 Å². The van der Waals surface area contributed by atoms with Crippen LogP contribution in [0.1, 0.15) is 25.7 Å². The first-order valence-corrected chi connectivity index (χ1v) is 8.01. The number of carbonyl (C=O) groups excluding carboxylic acids is 1. The van der Waals surface area contributed by atoms with Gasteiger partial charge in [-0.25, -0.2) is 13.1 Å². The van der Waals surface area contributed by atoms with Crippen molar-refractivity contribution in [3.8, 4) is 0 Å². The van der Waals surface area contributed by atoms with Gasteiger partial charge in [0.15, 0.2) is 0 Å². The van der Waals surface area contributed by atoms with Crippen LogP contribution in [-0.4, -0.2) is 27.9 Å². The van der Waals surface area contributed by atoms with Gasteiger partial charge in [0.05, 0.1) is 4.90 Å². The number of amides is 1. The fourth-order valence-corrected chi connectivity index (χ4v) is 2.46. The van der Waals surface area contributed by atoms with Crippen molar-refractivity contribution in [2.24, 2.45) is 5.73 Å². The fraction of sp³-hybridized carbons (Fsp3) is 0.462. The lowest BCUT2D eigenvalue weighted by Crippen LogP contribution is -2.19. The average Bonchev–Trinajstić information content (AvgIpc) is 2.44. The molecule has 1 amide bonds. The molecule has 0 fully saturated rings. The predicted molar refractivity (Wildman–Crippen MR) is 78.8 cm³/mol. The van der Waals surface area contributed by atoms with Crippen molar-refractivity contribution in [3.05, 3.63) is 24.3 Å². The molecule has 1 aromatic carbocycles. The van der Waals surface area contributed by atoms with Crippen molar-refractivity contribution < 1.29 is 13.2 Å². The molecular formula is C13H21N3O3S. The van der Waals surface area contributed by atoms with E-state index >= 15 is 0 Å². The molecule has 0 bridgehead atoms. The van der Waals surface area contributed by atoms with E-state index in [9.17, 15) is 13.2 Å². The number of unbranched alkanes of at least 4 members (excludes halogenated alkanes) is 2. The highest BCUT2D eigenvalue weighted by atomic mass is 32.2. The standard InChI is InChI=1S/C13H21N3O3S/c1-15-20(18,19)12-7-5-6-11(10-12)16-13(17)8-3-2-4-9-14/h5-7,10,15H,2-4,8-9,14H2,1H3,(H,16,17). The summed E-state index contributed by atoms with van der Waals surface area (Å²) in [4.78, 5) is 11.8. The van der Waals surface area contributed by atoms with Crippen LogP contribution in [0.5, 0.6) is 0 Å². The Morgan fingerprint density at radius 2 is 2.00 bits per heavy atom. The smallest absolute Gasteiger partial charge is 0.240 e. The molecule has 1 aromatic rings. The van der Waals surface area contributed by atoms with Crippen LogP contribution < -0.4 is 15.8 Å². The van der Waals surface area contributed by atoms with Gasteiger partial charge >= 0.3 is 0 Å². The van der Waals surface area contributed by atoms with Gasteiger partial charge < -0.3 is 11.1 Å². The number of carbonyl (C=O) groups is 1. The normalized spacial score (nSPS) is 11.3. The summed E-state index contributed by atoms with van der Waals surface area (Å²) in [6.07, 6.45) is 3.00. The Hall–Kier alpha value is -1.44. The average molecular weight is 299 g/mol. The highest BCUT2D eigenvalue weighted by Crippen LogP contribution is 2.15. The largest absolute Gasteiger partial charge is 0.330 e. The molecule has 112 valence electrons. The molecule has 0 heterocycles. The van der Waals surface area contributed by atoms with E-state index in [1.54, 1.807) is 12.1 Å². The number of hydrogen-bond donors (Lipinski definition) is 3. The zero-order valence-electron chi connectivity index (χ0n) is 11.6. The third kappa shape index (κ3) is 5.28. The Morgan fingerprint density at radius 1 is 1.25 bits per heavy atom. The van der Waals surface area contributed by atoms with E-state index in [0.717, 1.165) is 19.3 Å². The van der Waals surface area contributed by atoms with Crippen molar-refractivity contribution in [1.82, 2.24) is 4.72 Å². The highest BCUT2D eigenvalue weighted by Gasteiger charge is 2.12. The van der Waals surface area contributed by atoms with E-state index in [1.165, 1.54) is 19.2 Å². The summed E-state index contributed by atoms with van der Waals surface area (Å²) in [6, 6.07) is 6.16. The maximum atomic E-state index is 11.7. The van der Waals surface area contributed by atoms with Crippen LogP contribution in [-0.2, 0) is 14.8 Å². The molecule has 0 aromatic heterocycles. The van der Waals surface area contributed by atoms with Gasteiger partial charge in [-0.2, -0.15) is 0 Å². The molecule has 1 rings (SSSR count). The minimum atomic E-state index is -3.50. The lowest BCUT2D eigenvalue weighted by atomic mass is 10.2. The molecule has 6 nitrogen and oxygen atoms in total. The summed E-state index contributed by atoms with van der Waals surface area (Å²) < 4.78 is 25.5. The monoisotopic (exact) mass is 299 g/mol. The molecule has 0 spiro atoms. The van der Waals surface area contributed by atoms with Gasteiger partial charge in [0, 0.05) is 12.1 Å². The van der Waals surface area contributed by atoms with Crippen LogP contribution in [0, 0.1) is 0 Å². The summed E-state index contributed by atoms with van der Waals surface area (Å²) in [5, 5.41) is 2.69. The molecule has 0 aliphatic carbocycles. The van der Waals surface area contributed by atoms with Crippen LogP contribution in [0.15, 0.2) is 29.2 Å². The lowest BCUT2D eigenvalue weighted by molar-refractivity contribution is -0.116. The first kappa shape index (κ1) is 16.6. The second-order valence-electron chi connectivity index (χ2n) is 4.38. The van der Waals surface area contributed by atoms with Gasteiger partial charge in [-0.1, -0.05) is 12.5 Å². The fourth-order valence-electron chi connectivity index (χ4n) is 1.69. The number of hydrogen-bond acceptors (Lipinski definition) is 4. The maximum absolute atomic E-state index is 11.7. The van der Waals surface area contributed by atoms with Gasteiger partial charge in [-0.15, -0.1) is 0 Å². The lowest BCUT2D eigenvalue weighted by Gasteiger charge is -2.07. The Labute approximate surface area is 119 Å². The molecule has 0 saturated heterocycles. The van der Waals surface area contributed by atoms with E-state index < -0.39 is 10.0 Å². The van der Waals surface area contributed by atoms with Gasteiger partial charge in [0.1, 0.15) is 0 Å². The number of benzene rings is 1. The first-order valence-electron chi connectivity index (χ1n) is 6.53. The topological polar surface area (TPSA) is 101 Å². The van der Waals surface area contributed by atoms with Crippen LogP contribution in [0.4, 0.5) is 5.69 Å². The van der Waals surface area contributed by atoms with E-state index in [0.29, 0.717) is 18.7 Å². The van der Waals surface area contributed by atoms with Crippen molar-refractivity contribution in [2.45, 2.75) is 30.6 Å². The number of anilines is 1. The summed E-state index contributed by atoms with van der Waals surface area (Å²) in [7, 11) is -2.15. The summed E-state index contributed by atoms with van der Waals surface area (Å²) in [5.41, 5.74) is 5.85. The summed E-state index contributed by atoms with van der Waals surface area (Å²) in [5.74, 6) is -0.124. The van der Waals surface area contributed by atoms with Crippen LogP contribution >= 0.6 is 0 Å². The molecule has 7 heteroatoms. The third-order valence-electron chi connectivity index (χ3n) is 2.80. The van der Waals surface area contributed by atoms with E-state index in [4.69, 9.17) is 5.73 Å². The second-order valence-corrected chi connectivity index (χ2v) is 6.27. The zero-order valence-corrected chi connectivity index (χ0v) is 12.4. The van der Waals surface area contributed by atoms with E-state index in [1.807, 2.05) is 0 Å². The molecule has 4 N–H and O–H groups in total. The molecule has 0 aliphatic heterocycles. The van der Waals surface area contributed by atoms with E-state index in [-0.39, 0.29) is 10.8 Å². The van der Waals surface area contributed by atoms with Crippen molar-refractivity contribution in [3.63, 3.8) is 0 Å².